The summed E-state index contributed by atoms with van der Waals surface area (Å²) in [6.45, 7) is 0.770. The number of aliphatic imine (C=N–C) groups is 2. The molecule has 3 nitrogen and oxygen atoms in total. The third kappa shape index (κ3) is 2.15. The van der Waals surface area contributed by atoms with Crippen molar-refractivity contribution in [2.75, 3.05) is 6.54 Å². The first kappa shape index (κ1) is 7.98. The fourth-order valence-corrected chi connectivity index (χ4v) is 1.05. The molecule has 2 rings (SSSR count). The molecule has 3 heteroatoms. The van der Waals surface area contributed by atoms with Crippen LogP contribution in [0.4, 0.5) is 0 Å². The van der Waals surface area contributed by atoms with Crippen LogP contribution in [-0.2, 0) is 0 Å². The summed E-state index contributed by atoms with van der Waals surface area (Å²) in [7, 11) is 0. The first-order valence-electron chi connectivity index (χ1n) is 4.25. The quantitative estimate of drug-likeness (QED) is 0.640. The molecule has 0 amide bonds. The first-order chi connectivity index (χ1) is 6.45. The molecule has 0 unspecified atom stereocenters. The van der Waals surface area contributed by atoms with E-state index in [0.29, 0.717) is 6.02 Å². The molecule has 66 valence electrons. The van der Waals surface area contributed by atoms with Crippen LogP contribution in [-0.4, -0.2) is 18.8 Å². The smallest absolute Gasteiger partial charge is 0.316 e. The summed E-state index contributed by atoms with van der Waals surface area (Å²) >= 11 is 0. The average molecular weight is 174 g/mol. The van der Waals surface area contributed by atoms with Gasteiger partial charge in [-0.1, -0.05) is 18.2 Å². The number of benzene rings is 1. The maximum atomic E-state index is 5.41. The van der Waals surface area contributed by atoms with Gasteiger partial charge in [-0.25, -0.2) is 9.98 Å². The molecule has 0 saturated carbocycles. The van der Waals surface area contributed by atoms with E-state index in [4.69, 9.17) is 4.74 Å². The average Bonchev–Trinajstić information content (AvgIpc) is 2.21. The van der Waals surface area contributed by atoms with Gasteiger partial charge in [-0.2, -0.15) is 0 Å². The SMILES string of the molecule is C1=NC(Oc2ccccc2)=NCC1. The Labute approximate surface area is 76.8 Å². The molecular weight excluding hydrogens is 164 g/mol. The Morgan fingerprint density at radius 1 is 1.15 bits per heavy atom. The molecule has 0 fully saturated rings. The minimum absolute atomic E-state index is 0.456. The second-order valence-electron chi connectivity index (χ2n) is 2.68. The maximum Gasteiger partial charge on any atom is 0.316 e. The fourth-order valence-electron chi connectivity index (χ4n) is 1.05. The van der Waals surface area contributed by atoms with Crippen LogP contribution in [0.15, 0.2) is 40.3 Å². The zero-order valence-electron chi connectivity index (χ0n) is 7.18. The van der Waals surface area contributed by atoms with Gasteiger partial charge < -0.3 is 4.74 Å². The van der Waals surface area contributed by atoms with Gasteiger partial charge in [0.2, 0.25) is 0 Å². The van der Waals surface area contributed by atoms with Crippen LogP contribution in [0.25, 0.3) is 0 Å². The zero-order valence-corrected chi connectivity index (χ0v) is 7.18. The van der Waals surface area contributed by atoms with Crippen molar-refractivity contribution in [2.24, 2.45) is 9.98 Å². The van der Waals surface area contributed by atoms with Crippen LogP contribution in [0.3, 0.4) is 0 Å². The van der Waals surface area contributed by atoms with E-state index in [1.165, 1.54) is 0 Å². The lowest BCUT2D eigenvalue weighted by molar-refractivity contribution is 0.537. The summed E-state index contributed by atoms with van der Waals surface area (Å²) in [5, 5.41) is 0. The van der Waals surface area contributed by atoms with Crippen molar-refractivity contribution in [3.8, 4) is 5.75 Å². The third-order valence-electron chi connectivity index (χ3n) is 1.66. The maximum absolute atomic E-state index is 5.41. The fraction of sp³-hybridized carbons (Fsp3) is 0.200. The predicted molar refractivity (Wildman–Crippen MR) is 52.5 cm³/mol. The minimum atomic E-state index is 0.456. The summed E-state index contributed by atoms with van der Waals surface area (Å²) in [5.74, 6) is 0.778. The number of rotatable bonds is 1. The van der Waals surface area contributed by atoms with Gasteiger partial charge >= 0.3 is 6.02 Å². The van der Waals surface area contributed by atoms with E-state index in [1.807, 2.05) is 36.5 Å². The molecule has 1 aliphatic heterocycles. The van der Waals surface area contributed by atoms with E-state index in [9.17, 15) is 0 Å². The van der Waals surface area contributed by atoms with Gasteiger partial charge in [0, 0.05) is 19.2 Å². The van der Waals surface area contributed by atoms with Gasteiger partial charge in [-0.05, 0) is 12.1 Å². The summed E-state index contributed by atoms with van der Waals surface area (Å²) in [4.78, 5) is 8.15. The van der Waals surface area contributed by atoms with Crippen molar-refractivity contribution in [1.82, 2.24) is 0 Å². The Bertz CT molecular complexity index is 330. The second kappa shape index (κ2) is 3.85. The van der Waals surface area contributed by atoms with Gasteiger partial charge in [-0.15, -0.1) is 0 Å². The Hall–Kier alpha value is -1.64. The molecule has 1 aliphatic rings. The van der Waals surface area contributed by atoms with Gasteiger partial charge in [0.25, 0.3) is 0 Å². The van der Waals surface area contributed by atoms with Crippen LogP contribution >= 0.6 is 0 Å². The van der Waals surface area contributed by atoms with Crippen molar-refractivity contribution in [1.29, 1.82) is 0 Å². The van der Waals surface area contributed by atoms with Crippen LogP contribution in [0.1, 0.15) is 6.42 Å². The highest BCUT2D eigenvalue weighted by molar-refractivity contribution is 5.86. The lowest BCUT2D eigenvalue weighted by Crippen LogP contribution is -2.10. The normalized spacial score (nSPS) is 15.2. The van der Waals surface area contributed by atoms with Crippen molar-refractivity contribution in [3.63, 3.8) is 0 Å². The Balaban J connectivity index is 2.06. The Morgan fingerprint density at radius 2 is 2.00 bits per heavy atom. The summed E-state index contributed by atoms with van der Waals surface area (Å²) in [6, 6.07) is 10.0. The van der Waals surface area contributed by atoms with Gasteiger partial charge in [0.05, 0.1) is 0 Å². The minimum Gasteiger partial charge on any atom is -0.425 e. The number of hydrogen-bond donors (Lipinski definition) is 0. The molecule has 0 bridgehead atoms. The van der Waals surface area contributed by atoms with Crippen LogP contribution in [0, 0.1) is 0 Å². The molecule has 13 heavy (non-hydrogen) atoms. The molecule has 0 atom stereocenters. The summed E-state index contributed by atoms with van der Waals surface area (Å²) < 4.78 is 5.41. The van der Waals surface area contributed by atoms with Gasteiger partial charge in [0.15, 0.2) is 0 Å². The number of para-hydroxylation sites is 1. The van der Waals surface area contributed by atoms with E-state index in [-0.39, 0.29) is 0 Å². The van der Waals surface area contributed by atoms with E-state index >= 15 is 0 Å². The third-order valence-corrected chi connectivity index (χ3v) is 1.66. The Morgan fingerprint density at radius 3 is 2.69 bits per heavy atom. The summed E-state index contributed by atoms with van der Waals surface area (Å²) in [5.41, 5.74) is 0. The molecule has 0 N–H and O–H groups in total. The number of nitrogens with zero attached hydrogens (tertiary/aromatic N) is 2. The zero-order chi connectivity index (χ0) is 8.93. The van der Waals surface area contributed by atoms with Crippen molar-refractivity contribution >= 4 is 12.2 Å². The molecule has 0 spiro atoms. The van der Waals surface area contributed by atoms with Gasteiger partial charge in [-0.3, -0.25) is 0 Å². The van der Waals surface area contributed by atoms with E-state index in [1.54, 1.807) is 0 Å². The second-order valence-corrected chi connectivity index (χ2v) is 2.68. The van der Waals surface area contributed by atoms with E-state index in [0.717, 1.165) is 18.7 Å². The van der Waals surface area contributed by atoms with Crippen LogP contribution < -0.4 is 4.74 Å². The molecular formula is C10H10N2O. The Kier molecular flexibility index (Phi) is 2.36. The monoisotopic (exact) mass is 174 g/mol. The topological polar surface area (TPSA) is 34.0 Å². The van der Waals surface area contributed by atoms with Crippen molar-refractivity contribution < 1.29 is 4.74 Å². The molecule has 0 saturated heterocycles. The largest absolute Gasteiger partial charge is 0.425 e. The first-order valence-corrected chi connectivity index (χ1v) is 4.25. The molecule has 0 radical (unpaired) electrons. The predicted octanol–water partition coefficient (Wildman–Crippen LogP) is 1.90. The standard InChI is InChI=1S/C10H10N2O/c1-2-5-9(6-3-1)13-10-11-7-4-8-12-10/h1-3,5-7H,4,8H2. The van der Waals surface area contributed by atoms with Gasteiger partial charge in [0.1, 0.15) is 5.75 Å². The van der Waals surface area contributed by atoms with E-state index in [2.05, 4.69) is 9.98 Å². The van der Waals surface area contributed by atoms with Crippen LogP contribution in [0.2, 0.25) is 0 Å². The van der Waals surface area contributed by atoms with Crippen LogP contribution in [0.5, 0.6) is 5.75 Å². The lowest BCUT2D eigenvalue weighted by atomic mass is 10.3. The summed E-state index contributed by atoms with van der Waals surface area (Å²) in [6.07, 6.45) is 2.73. The number of amidine groups is 1. The van der Waals surface area contributed by atoms with Crippen molar-refractivity contribution in [3.05, 3.63) is 30.3 Å². The molecule has 1 heterocycles. The lowest BCUT2D eigenvalue weighted by Gasteiger charge is -2.06. The molecule has 0 aliphatic carbocycles. The highest BCUT2D eigenvalue weighted by Gasteiger charge is 2.01. The number of hydrogen-bond acceptors (Lipinski definition) is 3. The highest BCUT2D eigenvalue weighted by atomic mass is 16.5. The van der Waals surface area contributed by atoms with E-state index < -0.39 is 0 Å². The number of ether oxygens (including phenoxy) is 1. The molecule has 0 aromatic heterocycles. The molecule has 1 aromatic carbocycles. The highest BCUT2D eigenvalue weighted by Crippen LogP contribution is 2.09. The molecule has 1 aromatic rings. The van der Waals surface area contributed by atoms with Crippen molar-refractivity contribution in [2.45, 2.75) is 6.42 Å².